The van der Waals surface area contributed by atoms with E-state index in [0.717, 1.165) is 6.42 Å². The Balaban J connectivity index is 2.47. The number of nitrogens with two attached hydrogens (primary N) is 2. The highest BCUT2D eigenvalue weighted by atomic mass is 16.2. The summed E-state index contributed by atoms with van der Waals surface area (Å²) in [6, 6.07) is -0.576. The lowest BCUT2D eigenvalue weighted by atomic mass is 9.78. The largest absolute Gasteiger partial charge is 0.351 e. The lowest BCUT2D eigenvalue weighted by Crippen LogP contribution is -2.98. The van der Waals surface area contributed by atoms with E-state index in [4.69, 9.17) is 5.73 Å². The average molecular weight is 242 g/mol. The Hall–Kier alpha value is -1.10. The van der Waals surface area contributed by atoms with Crippen LogP contribution in [0.15, 0.2) is 0 Å². The minimum atomic E-state index is -0.777. The molecule has 0 aliphatic heterocycles. The quantitative estimate of drug-likeness (QED) is 0.648. The van der Waals surface area contributed by atoms with Gasteiger partial charge in [0.05, 0.1) is 6.04 Å². The first-order chi connectivity index (χ1) is 7.91. The van der Waals surface area contributed by atoms with Gasteiger partial charge in [-0.1, -0.05) is 13.8 Å². The maximum absolute atomic E-state index is 11.6. The summed E-state index contributed by atoms with van der Waals surface area (Å²) in [4.78, 5) is 22.2. The van der Waals surface area contributed by atoms with Crippen molar-refractivity contribution in [1.82, 2.24) is 5.32 Å². The van der Waals surface area contributed by atoms with Crippen molar-refractivity contribution in [3.63, 3.8) is 0 Å². The van der Waals surface area contributed by atoms with E-state index in [0.29, 0.717) is 17.9 Å². The highest BCUT2D eigenvalue weighted by Crippen LogP contribution is 2.27. The summed E-state index contributed by atoms with van der Waals surface area (Å²) in [7, 11) is 0. The molecular formula is C12H24N3O2+. The number of rotatable bonds is 3. The van der Waals surface area contributed by atoms with Crippen molar-refractivity contribution >= 4 is 11.9 Å². The Labute approximate surface area is 103 Å². The van der Waals surface area contributed by atoms with Gasteiger partial charge in [-0.2, -0.15) is 0 Å². The summed E-state index contributed by atoms with van der Waals surface area (Å²) >= 11 is 0. The normalized spacial score (nSPS) is 30.6. The maximum Gasteiger partial charge on any atom is 0.319 e. The molecule has 0 saturated heterocycles. The molecule has 1 aliphatic carbocycles. The Morgan fingerprint density at radius 2 is 2.00 bits per heavy atom. The van der Waals surface area contributed by atoms with Gasteiger partial charge >= 0.3 is 6.03 Å². The van der Waals surface area contributed by atoms with Crippen molar-refractivity contribution in [2.75, 3.05) is 0 Å². The van der Waals surface area contributed by atoms with Crippen molar-refractivity contribution in [3.8, 4) is 0 Å². The van der Waals surface area contributed by atoms with Crippen LogP contribution in [0.4, 0.5) is 4.79 Å². The highest BCUT2D eigenvalue weighted by molar-refractivity contribution is 5.95. The first-order valence-electron chi connectivity index (χ1n) is 6.37. The third kappa shape index (κ3) is 4.00. The number of hydrogen-bond acceptors (Lipinski definition) is 2. The summed E-state index contributed by atoms with van der Waals surface area (Å²) in [5, 5.41) is 4.19. The third-order valence-electron chi connectivity index (χ3n) is 3.97. The number of quaternary nitrogens is 1. The van der Waals surface area contributed by atoms with Crippen LogP contribution < -0.4 is 16.4 Å². The summed E-state index contributed by atoms with van der Waals surface area (Å²) in [6.07, 6.45) is 3.63. The van der Waals surface area contributed by atoms with E-state index in [1.54, 1.807) is 0 Å². The second-order valence-corrected chi connectivity index (χ2v) is 5.27. The van der Waals surface area contributed by atoms with E-state index >= 15 is 0 Å². The Morgan fingerprint density at radius 1 is 1.35 bits per heavy atom. The number of primary amides is 1. The molecule has 0 aromatic heterocycles. The smallest absolute Gasteiger partial charge is 0.319 e. The van der Waals surface area contributed by atoms with Crippen LogP contribution in [-0.2, 0) is 4.79 Å². The predicted octanol–water partition coefficient (Wildman–Crippen LogP) is -0.0421. The summed E-state index contributed by atoms with van der Waals surface area (Å²) < 4.78 is 0. The zero-order chi connectivity index (χ0) is 13.0. The number of imide groups is 1. The van der Waals surface area contributed by atoms with Crippen LogP contribution in [0, 0.1) is 11.8 Å². The van der Waals surface area contributed by atoms with Gasteiger partial charge in [-0.25, -0.2) is 4.79 Å². The molecule has 0 unspecified atom stereocenters. The first kappa shape index (κ1) is 14.0. The lowest BCUT2D eigenvalue weighted by Gasteiger charge is -2.33. The number of amides is 3. The summed E-state index contributed by atoms with van der Waals surface area (Å²) in [6.45, 7) is 6.31. The number of hydrogen-bond donors (Lipinski definition) is 3. The van der Waals surface area contributed by atoms with Gasteiger partial charge in [-0.05, 0) is 32.1 Å². The van der Waals surface area contributed by atoms with E-state index in [9.17, 15) is 9.59 Å². The van der Waals surface area contributed by atoms with Crippen molar-refractivity contribution < 1.29 is 14.9 Å². The van der Waals surface area contributed by atoms with Crippen LogP contribution in [0.1, 0.15) is 40.0 Å². The molecule has 5 heteroatoms. The van der Waals surface area contributed by atoms with Crippen molar-refractivity contribution in [2.45, 2.75) is 52.1 Å². The number of urea groups is 1. The van der Waals surface area contributed by atoms with Gasteiger partial charge in [0, 0.05) is 5.92 Å². The molecule has 5 nitrogen and oxygen atoms in total. The Kier molecular flexibility index (Phi) is 4.93. The van der Waals surface area contributed by atoms with Crippen LogP contribution in [0.3, 0.4) is 0 Å². The molecule has 0 heterocycles. The lowest BCUT2D eigenvalue weighted by molar-refractivity contribution is -0.715. The number of carbonyl (C=O) groups excluding carboxylic acids is 2. The molecule has 17 heavy (non-hydrogen) atoms. The van der Waals surface area contributed by atoms with E-state index in [1.807, 2.05) is 6.92 Å². The van der Waals surface area contributed by atoms with Crippen LogP contribution in [0.2, 0.25) is 0 Å². The van der Waals surface area contributed by atoms with Crippen molar-refractivity contribution in [2.24, 2.45) is 17.6 Å². The van der Waals surface area contributed by atoms with Gasteiger partial charge < -0.3 is 11.1 Å². The molecule has 98 valence electrons. The molecule has 4 atom stereocenters. The topological polar surface area (TPSA) is 88.8 Å². The summed E-state index contributed by atoms with van der Waals surface area (Å²) in [5.41, 5.74) is 4.93. The first-order valence-corrected chi connectivity index (χ1v) is 6.37. The molecule has 1 saturated carbocycles. The molecular weight excluding hydrogens is 218 g/mol. The average Bonchev–Trinajstić information content (AvgIpc) is 2.23. The minimum absolute atomic E-state index is 0.264. The predicted molar refractivity (Wildman–Crippen MR) is 65.1 cm³/mol. The van der Waals surface area contributed by atoms with E-state index in [2.05, 4.69) is 24.5 Å². The zero-order valence-electron chi connectivity index (χ0n) is 10.9. The Morgan fingerprint density at radius 3 is 2.59 bits per heavy atom. The van der Waals surface area contributed by atoms with E-state index < -0.39 is 6.03 Å². The van der Waals surface area contributed by atoms with Gasteiger partial charge in [0.1, 0.15) is 0 Å². The molecule has 5 N–H and O–H groups in total. The molecule has 0 bridgehead atoms. The van der Waals surface area contributed by atoms with Gasteiger partial charge in [-0.15, -0.1) is 0 Å². The van der Waals surface area contributed by atoms with Crippen molar-refractivity contribution in [3.05, 3.63) is 0 Å². The highest BCUT2D eigenvalue weighted by Gasteiger charge is 2.32. The van der Waals surface area contributed by atoms with Gasteiger partial charge in [0.15, 0.2) is 6.04 Å². The van der Waals surface area contributed by atoms with E-state index in [1.165, 1.54) is 12.8 Å². The second kappa shape index (κ2) is 6.00. The maximum atomic E-state index is 11.6. The van der Waals surface area contributed by atoms with Gasteiger partial charge in [-0.3, -0.25) is 10.1 Å². The SMILES string of the molecule is C[C@H]1[C@@H]([NH2+][C@@H](C)C(=O)NC(N)=O)CCC[C@@H]1C. The number of nitrogens with one attached hydrogen (secondary N) is 1. The van der Waals surface area contributed by atoms with Gasteiger partial charge in [0.2, 0.25) is 0 Å². The minimum Gasteiger partial charge on any atom is -0.351 e. The Bertz CT molecular complexity index is 293. The van der Waals surface area contributed by atoms with Crippen LogP contribution in [0.25, 0.3) is 0 Å². The second-order valence-electron chi connectivity index (χ2n) is 5.27. The standard InChI is InChI=1S/C12H23N3O2/c1-7-5-4-6-10(8(7)2)14-9(3)11(16)15-12(13)17/h7-10,14H,4-6H2,1-3H3,(H3,13,15,16,17)/p+1/t7-,8+,9-,10-/m0/s1. The fraction of sp³-hybridized carbons (Fsp3) is 0.833. The summed E-state index contributed by atoms with van der Waals surface area (Å²) in [5.74, 6) is 1.01. The number of carbonyl (C=O) groups is 2. The van der Waals surface area contributed by atoms with Gasteiger partial charge in [0.25, 0.3) is 5.91 Å². The molecule has 0 aromatic carbocycles. The molecule has 1 fully saturated rings. The molecule has 3 amide bonds. The third-order valence-corrected chi connectivity index (χ3v) is 3.97. The fourth-order valence-electron chi connectivity index (χ4n) is 2.59. The molecule has 0 spiro atoms. The fourth-order valence-corrected chi connectivity index (χ4v) is 2.59. The van der Waals surface area contributed by atoms with Crippen LogP contribution in [-0.4, -0.2) is 24.0 Å². The van der Waals surface area contributed by atoms with Crippen molar-refractivity contribution in [1.29, 1.82) is 0 Å². The zero-order valence-corrected chi connectivity index (χ0v) is 10.9. The van der Waals surface area contributed by atoms with Crippen LogP contribution >= 0.6 is 0 Å². The molecule has 0 aromatic rings. The van der Waals surface area contributed by atoms with E-state index in [-0.39, 0.29) is 11.9 Å². The molecule has 1 aliphatic rings. The molecule has 0 radical (unpaired) electrons. The molecule has 1 rings (SSSR count). The monoisotopic (exact) mass is 242 g/mol. The van der Waals surface area contributed by atoms with Crippen LogP contribution in [0.5, 0.6) is 0 Å².